The molecule has 1 aliphatic heterocycles. The topological polar surface area (TPSA) is 32.3 Å². The second kappa shape index (κ2) is 6.06. The van der Waals surface area contributed by atoms with Gasteiger partial charge in [0.25, 0.3) is 0 Å². The smallest absolute Gasteiger partial charge is 0.156 e. The maximum absolute atomic E-state index is 12.8. The standard InChI is InChI=1S/C17H26N2O/c1-13-6-5-7-14(2)15(13)12-16(20)17(3,4)19-10-8-18-9-11-19/h5-7,18H,8-12H2,1-4H3. The lowest BCUT2D eigenvalue weighted by Gasteiger charge is -2.40. The lowest BCUT2D eigenvalue weighted by molar-refractivity contribution is -0.129. The van der Waals surface area contributed by atoms with E-state index in [1.165, 1.54) is 16.7 Å². The Morgan fingerprint density at radius 2 is 1.75 bits per heavy atom. The van der Waals surface area contributed by atoms with Gasteiger partial charge in [0.2, 0.25) is 0 Å². The van der Waals surface area contributed by atoms with Crippen LogP contribution < -0.4 is 5.32 Å². The van der Waals surface area contributed by atoms with Crippen molar-refractivity contribution in [1.29, 1.82) is 0 Å². The molecular formula is C17H26N2O. The summed E-state index contributed by atoms with van der Waals surface area (Å²) >= 11 is 0. The molecule has 1 aromatic carbocycles. The Kier molecular flexibility index (Phi) is 4.61. The number of piperazine rings is 1. The normalized spacial score (nSPS) is 17.2. The SMILES string of the molecule is Cc1cccc(C)c1CC(=O)C(C)(C)N1CCNCC1. The molecule has 0 aliphatic carbocycles. The van der Waals surface area contributed by atoms with Gasteiger partial charge in [0.1, 0.15) is 0 Å². The second-order valence-corrected chi connectivity index (χ2v) is 6.27. The molecule has 3 heteroatoms. The summed E-state index contributed by atoms with van der Waals surface area (Å²) in [5.41, 5.74) is 3.25. The lowest BCUT2D eigenvalue weighted by atomic mass is 9.88. The van der Waals surface area contributed by atoms with E-state index in [0.717, 1.165) is 26.2 Å². The van der Waals surface area contributed by atoms with Gasteiger partial charge in [-0.3, -0.25) is 9.69 Å². The molecule has 0 radical (unpaired) electrons. The number of hydrogen-bond acceptors (Lipinski definition) is 3. The quantitative estimate of drug-likeness (QED) is 0.912. The second-order valence-electron chi connectivity index (χ2n) is 6.27. The van der Waals surface area contributed by atoms with Crippen LogP contribution in [0.4, 0.5) is 0 Å². The van der Waals surface area contributed by atoms with E-state index in [4.69, 9.17) is 0 Å². The van der Waals surface area contributed by atoms with Crippen molar-refractivity contribution in [2.24, 2.45) is 0 Å². The van der Waals surface area contributed by atoms with Crippen molar-refractivity contribution < 1.29 is 4.79 Å². The molecule has 0 atom stereocenters. The van der Waals surface area contributed by atoms with E-state index in [-0.39, 0.29) is 5.54 Å². The molecule has 1 fully saturated rings. The number of benzene rings is 1. The maximum atomic E-state index is 12.8. The molecule has 2 rings (SSSR count). The number of aryl methyl sites for hydroxylation is 2. The van der Waals surface area contributed by atoms with Crippen molar-refractivity contribution in [2.75, 3.05) is 26.2 Å². The zero-order valence-corrected chi connectivity index (χ0v) is 13.1. The Balaban J connectivity index is 2.14. The van der Waals surface area contributed by atoms with E-state index in [9.17, 15) is 4.79 Å². The van der Waals surface area contributed by atoms with Crippen LogP contribution in [0.25, 0.3) is 0 Å². The first-order chi connectivity index (χ1) is 9.43. The van der Waals surface area contributed by atoms with Crippen molar-refractivity contribution in [1.82, 2.24) is 10.2 Å². The highest BCUT2D eigenvalue weighted by molar-refractivity contribution is 5.89. The monoisotopic (exact) mass is 274 g/mol. The number of nitrogens with one attached hydrogen (secondary N) is 1. The van der Waals surface area contributed by atoms with Gasteiger partial charge in [-0.05, 0) is 44.4 Å². The molecule has 0 bridgehead atoms. The predicted octanol–water partition coefficient (Wildman–Crippen LogP) is 2.10. The van der Waals surface area contributed by atoms with E-state index in [1.54, 1.807) is 0 Å². The Bertz CT molecular complexity index is 468. The van der Waals surface area contributed by atoms with Gasteiger partial charge >= 0.3 is 0 Å². The minimum Gasteiger partial charge on any atom is -0.314 e. The number of ketones is 1. The third kappa shape index (κ3) is 3.10. The molecule has 20 heavy (non-hydrogen) atoms. The number of carbonyl (C=O) groups excluding carboxylic acids is 1. The summed E-state index contributed by atoms with van der Waals surface area (Å²) in [5.74, 6) is 0.316. The number of carbonyl (C=O) groups is 1. The molecule has 1 saturated heterocycles. The van der Waals surface area contributed by atoms with Crippen LogP contribution in [0.1, 0.15) is 30.5 Å². The molecule has 0 saturated carbocycles. The average molecular weight is 274 g/mol. The van der Waals surface area contributed by atoms with Gasteiger partial charge in [0.15, 0.2) is 5.78 Å². The Morgan fingerprint density at radius 1 is 1.20 bits per heavy atom. The van der Waals surface area contributed by atoms with Crippen molar-refractivity contribution >= 4 is 5.78 Å². The summed E-state index contributed by atoms with van der Waals surface area (Å²) in [4.78, 5) is 15.1. The van der Waals surface area contributed by atoms with Crippen molar-refractivity contribution in [3.05, 3.63) is 34.9 Å². The van der Waals surface area contributed by atoms with Gasteiger partial charge < -0.3 is 5.32 Å². The summed E-state index contributed by atoms with van der Waals surface area (Å²) < 4.78 is 0. The molecular weight excluding hydrogens is 248 g/mol. The minimum absolute atomic E-state index is 0.316. The summed E-state index contributed by atoms with van der Waals surface area (Å²) in [6.45, 7) is 12.2. The fourth-order valence-electron chi connectivity index (χ4n) is 2.90. The summed E-state index contributed by atoms with van der Waals surface area (Å²) in [6.07, 6.45) is 0.537. The van der Waals surface area contributed by atoms with Gasteiger partial charge in [-0.25, -0.2) is 0 Å². The first-order valence-corrected chi connectivity index (χ1v) is 7.47. The number of rotatable bonds is 4. The van der Waals surface area contributed by atoms with Crippen LogP contribution >= 0.6 is 0 Å². The molecule has 1 aliphatic rings. The van der Waals surface area contributed by atoms with Gasteiger partial charge in [-0.2, -0.15) is 0 Å². The minimum atomic E-state index is -0.378. The lowest BCUT2D eigenvalue weighted by Crippen LogP contribution is -2.57. The van der Waals surface area contributed by atoms with Crippen molar-refractivity contribution in [2.45, 2.75) is 39.7 Å². The average Bonchev–Trinajstić information content (AvgIpc) is 2.43. The highest BCUT2D eigenvalue weighted by Gasteiger charge is 2.34. The molecule has 1 N–H and O–H groups in total. The van der Waals surface area contributed by atoms with E-state index in [0.29, 0.717) is 12.2 Å². The van der Waals surface area contributed by atoms with Crippen molar-refractivity contribution in [3.63, 3.8) is 0 Å². The highest BCUT2D eigenvalue weighted by Crippen LogP contribution is 2.21. The molecule has 0 aromatic heterocycles. The highest BCUT2D eigenvalue weighted by atomic mass is 16.1. The van der Waals surface area contributed by atoms with E-state index < -0.39 is 0 Å². The molecule has 0 spiro atoms. The predicted molar refractivity (Wildman–Crippen MR) is 83.1 cm³/mol. The Morgan fingerprint density at radius 3 is 2.30 bits per heavy atom. The first kappa shape index (κ1) is 15.2. The zero-order chi connectivity index (χ0) is 14.8. The number of hydrogen-bond donors (Lipinski definition) is 1. The summed E-state index contributed by atoms with van der Waals surface area (Å²) in [7, 11) is 0. The Hall–Kier alpha value is -1.19. The van der Waals surface area contributed by atoms with Crippen LogP contribution in [0.15, 0.2) is 18.2 Å². The zero-order valence-electron chi connectivity index (χ0n) is 13.1. The first-order valence-electron chi connectivity index (χ1n) is 7.47. The number of Topliss-reactive ketones (excluding diaryl/α,β-unsaturated/α-hetero) is 1. The van der Waals surface area contributed by atoms with E-state index in [1.807, 2.05) is 0 Å². The van der Waals surface area contributed by atoms with Gasteiger partial charge in [-0.1, -0.05) is 18.2 Å². The van der Waals surface area contributed by atoms with Crippen LogP contribution in [0, 0.1) is 13.8 Å². The maximum Gasteiger partial charge on any atom is 0.156 e. The molecule has 110 valence electrons. The van der Waals surface area contributed by atoms with Crippen LogP contribution in [-0.4, -0.2) is 42.4 Å². The molecule has 1 aromatic rings. The summed E-state index contributed by atoms with van der Waals surface area (Å²) in [5, 5.41) is 3.34. The summed E-state index contributed by atoms with van der Waals surface area (Å²) in [6, 6.07) is 6.24. The third-order valence-electron chi connectivity index (χ3n) is 4.57. The van der Waals surface area contributed by atoms with Crippen molar-refractivity contribution in [3.8, 4) is 0 Å². The largest absolute Gasteiger partial charge is 0.314 e. The molecule has 3 nitrogen and oxygen atoms in total. The fraction of sp³-hybridized carbons (Fsp3) is 0.588. The Labute approximate surface area is 122 Å². The fourth-order valence-corrected chi connectivity index (χ4v) is 2.90. The van der Waals surface area contributed by atoms with Crippen LogP contribution in [0.5, 0.6) is 0 Å². The van der Waals surface area contributed by atoms with Gasteiger partial charge in [0.05, 0.1) is 5.54 Å². The van der Waals surface area contributed by atoms with Crippen LogP contribution in [0.3, 0.4) is 0 Å². The molecule has 0 amide bonds. The molecule has 0 unspecified atom stereocenters. The number of nitrogens with zero attached hydrogens (tertiary/aromatic N) is 1. The van der Waals surface area contributed by atoms with Crippen LogP contribution in [-0.2, 0) is 11.2 Å². The van der Waals surface area contributed by atoms with E-state index in [2.05, 4.69) is 56.1 Å². The van der Waals surface area contributed by atoms with E-state index >= 15 is 0 Å². The third-order valence-corrected chi connectivity index (χ3v) is 4.57. The van der Waals surface area contributed by atoms with Gasteiger partial charge in [-0.15, -0.1) is 0 Å². The van der Waals surface area contributed by atoms with Crippen LogP contribution in [0.2, 0.25) is 0 Å². The molecule has 1 heterocycles. The van der Waals surface area contributed by atoms with Gasteiger partial charge in [0, 0.05) is 32.6 Å².